The van der Waals surface area contributed by atoms with Gasteiger partial charge in [-0.15, -0.1) is 0 Å². The molecule has 0 bridgehead atoms. The molecule has 1 aromatic heterocycles. The van der Waals surface area contributed by atoms with E-state index in [-0.39, 0.29) is 23.1 Å². The molecule has 1 atom stereocenters. The third-order valence-electron chi connectivity index (χ3n) is 6.19. The van der Waals surface area contributed by atoms with Gasteiger partial charge in [0.25, 0.3) is 0 Å². The first-order valence-corrected chi connectivity index (χ1v) is 12.0. The number of amides is 2. The molecular weight excluding hydrogens is 442 g/mol. The molecule has 0 spiro atoms. The van der Waals surface area contributed by atoms with Gasteiger partial charge in [-0.25, -0.2) is 0 Å². The fraction of sp³-hybridized carbons (Fsp3) is 0.407. The zero-order valence-corrected chi connectivity index (χ0v) is 20.8. The minimum atomic E-state index is -0.129. The summed E-state index contributed by atoms with van der Waals surface area (Å²) in [6, 6.07) is 15.4. The molecule has 0 saturated carbocycles. The van der Waals surface area contributed by atoms with Crippen LogP contribution < -0.4 is 10.6 Å². The lowest BCUT2D eigenvalue weighted by atomic mass is 9.87. The largest absolute Gasteiger partial charge is 0.338 e. The smallest absolute Gasteiger partial charge is 0.241 e. The van der Waals surface area contributed by atoms with E-state index in [1.54, 1.807) is 24.3 Å². The van der Waals surface area contributed by atoms with Gasteiger partial charge in [0.2, 0.25) is 23.5 Å². The van der Waals surface area contributed by atoms with Crippen molar-refractivity contribution in [2.45, 2.75) is 52.5 Å². The SMILES string of the molecule is CC(=O)Nc1ccc(NC(=O)C2CCCN(Cc3nc(-c4ccc(C(C)(C)C)cc4)no3)C2)cc1. The zero-order chi connectivity index (χ0) is 25.0. The summed E-state index contributed by atoms with van der Waals surface area (Å²) in [5.74, 6) is 0.873. The lowest BCUT2D eigenvalue weighted by Gasteiger charge is -2.30. The molecule has 1 unspecified atom stereocenters. The number of nitrogens with one attached hydrogen (secondary N) is 2. The molecule has 2 amide bonds. The number of carbonyl (C=O) groups is 2. The molecule has 35 heavy (non-hydrogen) atoms. The third kappa shape index (κ3) is 6.54. The van der Waals surface area contributed by atoms with Gasteiger partial charge in [0.15, 0.2) is 0 Å². The van der Waals surface area contributed by atoms with Gasteiger partial charge in [-0.3, -0.25) is 14.5 Å². The van der Waals surface area contributed by atoms with Crippen molar-refractivity contribution in [2.75, 3.05) is 23.7 Å². The average molecular weight is 476 g/mol. The molecular formula is C27H33N5O3. The Morgan fingerprint density at radius 3 is 2.31 bits per heavy atom. The molecule has 2 heterocycles. The van der Waals surface area contributed by atoms with E-state index in [0.717, 1.165) is 24.9 Å². The van der Waals surface area contributed by atoms with E-state index in [1.165, 1.54) is 12.5 Å². The summed E-state index contributed by atoms with van der Waals surface area (Å²) in [6.07, 6.45) is 1.76. The van der Waals surface area contributed by atoms with Crippen molar-refractivity contribution in [3.05, 3.63) is 60.0 Å². The van der Waals surface area contributed by atoms with Crippen LogP contribution in [0.5, 0.6) is 0 Å². The van der Waals surface area contributed by atoms with E-state index < -0.39 is 0 Å². The van der Waals surface area contributed by atoms with Crippen molar-refractivity contribution in [2.24, 2.45) is 5.92 Å². The van der Waals surface area contributed by atoms with Gasteiger partial charge in [0, 0.05) is 30.4 Å². The van der Waals surface area contributed by atoms with E-state index in [9.17, 15) is 9.59 Å². The summed E-state index contributed by atoms with van der Waals surface area (Å²) < 4.78 is 5.52. The number of piperidine rings is 1. The van der Waals surface area contributed by atoms with Gasteiger partial charge >= 0.3 is 0 Å². The van der Waals surface area contributed by atoms with Crippen molar-refractivity contribution in [1.82, 2.24) is 15.0 Å². The van der Waals surface area contributed by atoms with E-state index in [1.807, 2.05) is 12.1 Å². The highest BCUT2D eigenvalue weighted by atomic mass is 16.5. The van der Waals surface area contributed by atoms with Gasteiger partial charge in [0.05, 0.1) is 12.5 Å². The van der Waals surface area contributed by atoms with Crippen LogP contribution in [0.25, 0.3) is 11.4 Å². The Balaban J connectivity index is 1.33. The molecule has 2 N–H and O–H groups in total. The molecule has 184 valence electrons. The molecule has 3 aromatic rings. The molecule has 4 rings (SSSR count). The zero-order valence-electron chi connectivity index (χ0n) is 20.8. The molecule has 1 aliphatic rings. The summed E-state index contributed by atoms with van der Waals surface area (Å²) in [6.45, 7) is 10.0. The normalized spacial score (nSPS) is 16.6. The van der Waals surface area contributed by atoms with E-state index in [2.05, 4.69) is 58.6 Å². The molecule has 8 nitrogen and oxygen atoms in total. The van der Waals surface area contributed by atoms with Crippen LogP contribution in [-0.4, -0.2) is 39.9 Å². The molecule has 0 radical (unpaired) electrons. The van der Waals surface area contributed by atoms with Crippen molar-refractivity contribution in [3.63, 3.8) is 0 Å². The summed E-state index contributed by atoms with van der Waals surface area (Å²) in [4.78, 5) is 30.8. The van der Waals surface area contributed by atoms with Crippen LogP contribution in [-0.2, 0) is 21.5 Å². The summed E-state index contributed by atoms with van der Waals surface area (Å²) >= 11 is 0. The van der Waals surface area contributed by atoms with Crippen molar-refractivity contribution in [3.8, 4) is 11.4 Å². The number of hydrogen-bond acceptors (Lipinski definition) is 6. The van der Waals surface area contributed by atoms with Crippen molar-refractivity contribution < 1.29 is 14.1 Å². The number of aromatic nitrogens is 2. The van der Waals surface area contributed by atoms with E-state index in [0.29, 0.717) is 36.2 Å². The van der Waals surface area contributed by atoms with Crippen LogP contribution in [0.3, 0.4) is 0 Å². The second kappa shape index (κ2) is 10.4. The highest BCUT2D eigenvalue weighted by molar-refractivity contribution is 5.93. The Kier molecular flexibility index (Phi) is 7.31. The van der Waals surface area contributed by atoms with Crippen LogP contribution in [0, 0.1) is 5.92 Å². The lowest BCUT2D eigenvalue weighted by Crippen LogP contribution is -2.40. The molecule has 8 heteroatoms. The van der Waals surface area contributed by atoms with E-state index in [4.69, 9.17) is 4.52 Å². The number of likely N-dealkylation sites (tertiary alicyclic amines) is 1. The van der Waals surface area contributed by atoms with Crippen LogP contribution in [0.1, 0.15) is 52.0 Å². The Morgan fingerprint density at radius 1 is 1.03 bits per heavy atom. The average Bonchev–Trinajstić information content (AvgIpc) is 3.28. The number of rotatable bonds is 6. The second-order valence-corrected chi connectivity index (χ2v) is 10.2. The Morgan fingerprint density at radius 2 is 1.69 bits per heavy atom. The number of benzene rings is 2. The first-order chi connectivity index (χ1) is 16.7. The first kappa shape index (κ1) is 24.6. The molecule has 1 fully saturated rings. The van der Waals surface area contributed by atoms with Crippen LogP contribution >= 0.6 is 0 Å². The van der Waals surface area contributed by atoms with Crippen LogP contribution in [0.4, 0.5) is 11.4 Å². The van der Waals surface area contributed by atoms with Gasteiger partial charge in [0.1, 0.15) is 0 Å². The minimum Gasteiger partial charge on any atom is -0.338 e. The van der Waals surface area contributed by atoms with Gasteiger partial charge < -0.3 is 15.2 Å². The first-order valence-electron chi connectivity index (χ1n) is 12.0. The maximum Gasteiger partial charge on any atom is 0.241 e. The number of carbonyl (C=O) groups excluding carboxylic acids is 2. The standard InChI is InChI=1S/C27H33N5O3/c1-18(33)28-22-11-13-23(14-12-22)29-26(34)20-6-5-15-32(16-20)17-24-30-25(31-35-24)19-7-9-21(10-8-19)27(2,3)4/h7-14,20H,5-6,15-17H2,1-4H3,(H,28,33)(H,29,34). The second-order valence-electron chi connectivity index (χ2n) is 10.2. The maximum absolute atomic E-state index is 12.9. The monoisotopic (exact) mass is 475 g/mol. The molecule has 1 aliphatic heterocycles. The topological polar surface area (TPSA) is 100 Å². The van der Waals surface area contributed by atoms with Crippen molar-refractivity contribution in [1.29, 1.82) is 0 Å². The maximum atomic E-state index is 12.9. The highest BCUT2D eigenvalue weighted by Gasteiger charge is 2.27. The van der Waals surface area contributed by atoms with Gasteiger partial charge in [-0.2, -0.15) is 4.98 Å². The Hall–Kier alpha value is -3.52. The van der Waals surface area contributed by atoms with E-state index >= 15 is 0 Å². The molecule has 1 saturated heterocycles. The Labute approximate surface area is 206 Å². The summed E-state index contributed by atoms with van der Waals surface area (Å²) in [5, 5.41) is 9.87. The van der Waals surface area contributed by atoms with Crippen LogP contribution in [0.15, 0.2) is 53.1 Å². The predicted molar refractivity (Wildman–Crippen MR) is 136 cm³/mol. The minimum absolute atomic E-state index is 0.00728. The number of nitrogens with zero attached hydrogens (tertiary/aromatic N) is 3. The van der Waals surface area contributed by atoms with Gasteiger partial charge in [-0.1, -0.05) is 50.2 Å². The number of anilines is 2. The number of hydrogen-bond donors (Lipinski definition) is 2. The van der Waals surface area contributed by atoms with Crippen LogP contribution in [0.2, 0.25) is 0 Å². The molecule has 2 aromatic carbocycles. The lowest BCUT2D eigenvalue weighted by molar-refractivity contribution is -0.121. The summed E-state index contributed by atoms with van der Waals surface area (Å²) in [7, 11) is 0. The third-order valence-corrected chi connectivity index (χ3v) is 6.19. The quantitative estimate of drug-likeness (QED) is 0.529. The summed E-state index contributed by atoms with van der Waals surface area (Å²) in [5.41, 5.74) is 3.68. The predicted octanol–water partition coefficient (Wildman–Crippen LogP) is 4.84. The molecule has 0 aliphatic carbocycles. The van der Waals surface area contributed by atoms with Crippen molar-refractivity contribution >= 4 is 23.2 Å². The fourth-order valence-corrected chi connectivity index (χ4v) is 4.24. The van der Waals surface area contributed by atoms with Gasteiger partial charge in [-0.05, 0) is 54.6 Å². The highest BCUT2D eigenvalue weighted by Crippen LogP contribution is 2.26. The Bertz CT molecular complexity index is 1160. The fourth-order valence-electron chi connectivity index (χ4n) is 4.24.